The Morgan fingerprint density at radius 3 is 2.69 bits per heavy atom. The Labute approximate surface area is 153 Å². The van der Waals surface area contributed by atoms with Gasteiger partial charge in [-0.15, -0.1) is 0 Å². The molecular formula is C19H22N2O4S. The van der Waals surface area contributed by atoms with Gasteiger partial charge >= 0.3 is 0 Å². The number of amides is 1. The van der Waals surface area contributed by atoms with Crippen molar-refractivity contribution in [1.82, 2.24) is 4.72 Å². The maximum absolute atomic E-state index is 12.7. The fourth-order valence-electron chi connectivity index (χ4n) is 3.36. The molecule has 2 aromatic rings. The number of benzene rings is 2. The maximum Gasteiger partial charge on any atom is 0.240 e. The lowest BCUT2D eigenvalue weighted by Gasteiger charge is -2.20. The van der Waals surface area contributed by atoms with Crippen LogP contribution in [0.4, 0.5) is 5.69 Å². The highest BCUT2D eigenvalue weighted by Gasteiger charge is 2.30. The van der Waals surface area contributed by atoms with E-state index in [1.807, 2.05) is 25.1 Å². The summed E-state index contributed by atoms with van der Waals surface area (Å²) in [6.45, 7) is 3.61. The van der Waals surface area contributed by atoms with Crippen molar-refractivity contribution in [3.63, 3.8) is 0 Å². The van der Waals surface area contributed by atoms with E-state index in [1.54, 1.807) is 30.2 Å². The van der Waals surface area contributed by atoms with Gasteiger partial charge in [0.15, 0.2) is 0 Å². The van der Waals surface area contributed by atoms with Crippen molar-refractivity contribution in [2.45, 2.75) is 37.8 Å². The topological polar surface area (TPSA) is 75.7 Å². The van der Waals surface area contributed by atoms with Gasteiger partial charge in [0.1, 0.15) is 5.75 Å². The number of methoxy groups -OCH3 is 1. The lowest BCUT2D eigenvalue weighted by molar-refractivity contribution is -0.116. The molecule has 0 aromatic heterocycles. The zero-order valence-corrected chi connectivity index (χ0v) is 15.8. The fraction of sp³-hybridized carbons (Fsp3) is 0.316. The molecule has 1 N–H and O–H groups in total. The molecule has 1 heterocycles. The first-order valence-corrected chi connectivity index (χ1v) is 9.86. The molecule has 1 atom stereocenters. The van der Waals surface area contributed by atoms with Crippen LogP contribution in [0.2, 0.25) is 0 Å². The van der Waals surface area contributed by atoms with Crippen LogP contribution in [0.5, 0.6) is 5.75 Å². The van der Waals surface area contributed by atoms with Crippen LogP contribution in [0, 0.1) is 0 Å². The van der Waals surface area contributed by atoms with Crippen LogP contribution in [0.3, 0.4) is 0 Å². The van der Waals surface area contributed by atoms with Crippen molar-refractivity contribution < 1.29 is 17.9 Å². The lowest BCUT2D eigenvalue weighted by atomic mass is 10.1. The van der Waals surface area contributed by atoms with E-state index in [9.17, 15) is 13.2 Å². The van der Waals surface area contributed by atoms with Crippen molar-refractivity contribution >= 4 is 21.6 Å². The lowest BCUT2D eigenvalue weighted by Crippen LogP contribution is -2.33. The molecule has 0 spiro atoms. The Hall–Kier alpha value is -2.38. The molecule has 1 aliphatic rings. The standard InChI is InChI=1S/C19H22N2O4S/c1-13-10-16-11-17(8-9-18(16)21(13)14(2)22)26(23,24)20-12-15-6-4-5-7-19(15)25-3/h4-9,11,13,20H,10,12H2,1-3H3/t13-/m1/s1. The molecule has 26 heavy (non-hydrogen) atoms. The summed E-state index contributed by atoms with van der Waals surface area (Å²) in [5.74, 6) is 0.594. The Kier molecular flexibility index (Phi) is 5.02. The minimum Gasteiger partial charge on any atom is -0.496 e. The molecule has 6 nitrogen and oxygen atoms in total. The molecule has 0 radical (unpaired) electrons. The largest absolute Gasteiger partial charge is 0.496 e. The number of para-hydroxylation sites is 1. The van der Waals surface area contributed by atoms with E-state index in [2.05, 4.69) is 4.72 Å². The van der Waals surface area contributed by atoms with Crippen molar-refractivity contribution in [2.24, 2.45) is 0 Å². The van der Waals surface area contributed by atoms with E-state index in [0.717, 1.165) is 16.8 Å². The van der Waals surface area contributed by atoms with E-state index < -0.39 is 10.0 Å². The molecule has 0 aliphatic carbocycles. The van der Waals surface area contributed by atoms with E-state index in [0.29, 0.717) is 12.2 Å². The van der Waals surface area contributed by atoms with Gasteiger partial charge in [-0.2, -0.15) is 0 Å². The number of rotatable bonds is 5. The van der Waals surface area contributed by atoms with Crippen molar-refractivity contribution in [3.8, 4) is 5.75 Å². The molecule has 0 bridgehead atoms. The highest BCUT2D eigenvalue weighted by atomic mass is 32.2. The number of anilines is 1. The van der Waals surface area contributed by atoms with Crippen LogP contribution in [0.25, 0.3) is 0 Å². The van der Waals surface area contributed by atoms with Crippen LogP contribution < -0.4 is 14.4 Å². The first kappa shape index (κ1) is 18.4. The van der Waals surface area contributed by atoms with Gasteiger partial charge in [0, 0.05) is 30.8 Å². The zero-order chi connectivity index (χ0) is 18.9. The van der Waals surface area contributed by atoms with E-state index in [-0.39, 0.29) is 23.4 Å². The summed E-state index contributed by atoms with van der Waals surface area (Å²) in [6, 6.07) is 12.2. The predicted octanol–water partition coefficient (Wildman–Crippen LogP) is 2.47. The van der Waals surface area contributed by atoms with Crippen molar-refractivity contribution in [2.75, 3.05) is 12.0 Å². The summed E-state index contributed by atoms with van der Waals surface area (Å²) >= 11 is 0. The van der Waals surface area contributed by atoms with Crippen LogP contribution in [0.15, 0.2) is 47.4 Å². The molecule has 7 heteroatoms. The zero-order valence-electron chi connectivity index (χ0n) is 15.0. The van der Waals surface area contributed by atoms with Gasteiger partial charge in [-0.05, 0) is 43.2 Å². The highest BCUT2D eigenvalue weighted by Crippen LogP contribution is 2.33. The Balaban J connectivity index is 1.83. The number of ether oxygens (including phenoxy) is 1. The maximum atomic E-state index is 12.7. The monoisotopic (exact) mass is 374 g/mol. The SMILES string of the molecule is COc1ccccc1CNS(=O)(=O)c1ccc2c(c1)C[C@@H](C)N2C(C)=O. The third kappa shape index (κ3) is 3.45. The second kappa shape index (κ2) is 7.09. The first-order valence-electron chi connectivity index (χ1n) is 8.38. The molecule has 0 fully saturated rings. The number of carbonyl (C=O) groups is 1. The minimum atomic E-state index is -3.67. The predicted molar refractivity (Wildman–Crippen MR) is 99.8 cm³/mol. The molecule has 138 valence electrons. The van der Waals surface area contributed by atoms with Gasteiger partial charge in [0.25, 0.3) is 0 Å². The molecular weight excluding hydrogens is 352 g/mol. The normalized spacial score (nSPS) is 16.4. The quantitative estimate of drug-likeness (QED) is 0.872. The van der Waals surface area contributed by atoms with Gasteiger partial charge < -0.3 is 9.64 Å². The third-order valence-electron chi connectivity index (χ3n) is 4.56. The summed E-state index contributed by atoms with van der Waals surface area (Å²) in [6.07, 6.45) is 0.644. The summed E-state index contributed by atoms with van der Waals surface area (Å²) < 4.78 is 33.2. The number of nitrogens with zero attached hydrogens (tertiary/aromatic N) is 1. The second-order valence-corrected chi connectivity index (χ2v) is 8.14. The average molecular weight is 374 g/mol. The van der Waals surface area contributed by atoms with Crippen LogP contribution in [-0.2, 0) is 27.8 Å². The number of hydrogen-bond acceptors (Lipinski definition) is 4. The molecule has 0 saturated heterocycles. The number of sulfonamides is 1. The first-order chi connectivity index (χ1) is 12.3. The third-order valence-corrected chi connectivity index (χ3v) is 5.96. The number of hydrogen-bond donors (Lipinski definition) is 1. The van der Waals surface area contributed by atoms with E-state index in [1.165, 1.54) is 13.0 Å². The van der Waals surface area contributed by atoms with E-state index >= 15 is 0 Å². The molecule has 3 rings (SSSR count). The molecule has 0 unspecified atom stereocenters. The van der Waals surface area contributed by atoms with Gasteiger partial charge in [-0.1, -0.05) is 18.2 Å². The fourth-order valence-corrected chi connectivity index (χ4v) is 4.42. The van der Waals surface area contributed by atoms with Crippen LogP contribution >= 0.6 is 0 Å². The highest BCUT2D eigenvalue weighted by molar-refractivity contribution is 7.89. The molecule has 1 amide bonds. The Morgan fingerprint density at radius 2 is 2.00 bits per heavy atom. The Morgan fingerprint density at radius 1 is 1.27 bits per heavy atom. The van der Waals surface area contributed by atoms with Crippen LogP contribution in [-0.4, -0.2) is 27.5 Å². The van der Waals surface area contributed by atoms with Crippen molar-refractivity contribution in [1.29, 1.82) is 0 Å². The summed E-state index contributed by atoms with van der Waals surface area (Å²) in [5, 5.41) is 0. The summed E-state index contributed by atoms with van der Waals surface area (Å²) in [7, 11) is -2.12. The van der Waals surface area contributed by atoms with Gasteiger partial charge in [0.05, 0.1) is 12.0 Å². The number of carbonyl (C=O) groups excluding carboxylic acids is 1. The number of nitrogens with one attached hydrogen (secondary N) is 1. The number of fused-ring (bicyclic) bond motifs is 1. The average Bonchev–Trinajstić information content (AvgIpc) is 2.95. The minimum absolute atomic E-state index is 0.0296. The molecule has 2 aromatic carbocycles. The van der Waals surface area contributed by atoms with Gasteiger partial charge in [0.2, 0.25) is 15.9 Å². The van der Waals surface area contributed by atoms with Gasteiger partial charge in [-0.25, -0.2) is 13.1 Å². The molecule has 0 saturated carbocycles. The van der Waals surface area contributed by atoms with Gasteiger partial charge in [-0.3, -0.25) is 4.79 Å². The molecule has 1 aliphatic heterocycles. The Bertz CT molecular complexity index is 940. The van der Waals surface area contributed by atoms with Crippen molar-refractivity contribution in [3.05, 3.63) is 53.6 Å². The smallest absolute Gasteiger partial charge is 0.240 e. The van der Waals surface area contributed by atoms with Crippen LogP contribution in [0.1, 0.15) is 25.0 Å². The summed E-state index contributed by atoms with van der Waals surface area (Å²) in [5.41, 5.74) is 2.41. The summed E-state index contributed by atoms with van der Waals surface area (Å²) in [4.78, 5) is 13.7. The van der Waals surface area contributed by atoms with E-state index in [4.69, 9.17) is 4.74 Å². The second-order valence-electron chi connectivity index (χ2n) is 6.37.